The highest BCUT2D eigenvalue weighted by atomic mass is 32.1. The van der Waals surface area contributed by atoms with Crippen molar-refractivity contribution in [1.29, 1.82) is 0 Å². The number of H-pyrrole nitrogens is 1. The summed E-state index contributed by atoms with van der Waals surface area (Å²) in [5.74, 6) is -0.211. The molecule has 3 heterocycles. The van der Waals surface area contributed by atoms with Crippen LogP contribution < -0.4 is 4.90 Å². The molecule has 4 aromatic rings. The van der Waals surface area contributed by atoms with E-state index >= 15 is 0 Å². The lowest BCUT2D eigenvalue weighted by atomic mass is 10.2. The molecule has 0 bridgehead atoms. The van der Waals surface area contributed by atoms with E-state index in [2.05, 4.69) is 20.1 Å². The van der Waals surface area contributed by atoms with Gasteiger partial charge in [-0.1, -0.05) is 41.7 Å². The Morgan fingerprint density at radius 3 is 2.57 bits per heavy atom. The number of aromatic nitrogens is 3. The van der Waals surface area contributed by atoms with E-state index < -0.39 is 0 Å². The third kappa shape index (κ3) is 3.78. The first-order valence-electron chi connectivity index (χ1n) is 9.84. The van der Waals surface area contributed by atoms with Crippen molar-refractivity contribution in [2.45, 2.75) is 6.42 Å². The molecule has 1 amide bonds. The Balaban J connectivity index is 1.21. The number of aromatic amines is 1. The van der Waals surface area contributed by atoms with Crippen molar-refractivity contribution in [3.05, 3.63) is 76.7 Å². The van der Waals surface area contributed by atoms with Gasteiger partial charge in [-0.25, -0.2) is 4.39 Å². The van der Waals surface area contributed by atoms with Crippen molar-refractivity contribution in [3.63, 3.8) is 0 Å². The standard InChI is InChI=1S/C22H20FN5OS/c23-17-7-5-15(6-8-17)13-20-25-26-22(30-20)28-11-9-27(10-12-28)21(29)19-14-16-3-1-2-4-18(16)24-19/h1-8,14,24H,9-13H2. The van der Waals surface area contributed by atoms with Crippen molar-refractivity contribution in [3.8, 4) is 0 Å². The lowest BCUT2D eigenvalue weighted by Gasteiger charge is -2.34. The van der Waals surface area contributed by atoms with Gasteiger partial charge in [0.1, 0.15) is 16.5 Å². The van der Waals surface area contributed by atoms with Crippen LogP contribution in [0, 0.1) is 5.82 Å². The molecule has 30 heavy (non-hydrogen) atoms. The Morgan fingerprint density at radius 1 is 1.03 bits per heavy atom. The van der Waals surface area contributed by atoms with E-state index in [1.165, 1.54) is 12.1 Å². The monoisotopic (exact) mass is 421 g/mol. The van der Waals surface area contributed by atoms with Gasteiger partial charge >= 0.3 is 0 Å². The van der Waals surface area contributed by atoms with Crippen molar-refractivity contribution in [1.82, 2.24) is 20.1 Å². The summed E-state index contributed by atoms with van der Waals surface area (Å²) in [7, 11) is 0. The Kier molecular flexibility index (Phi) is 4.92. The van der Waals surface area contributed by atoms with E-state index in [-0.39, 0.29) is 11.7 Å². The average molecular weight is 422 g/mol. The number of halogens is 1. The quantitative estimate of drug-likeness (QED) is 0.546. The average Bonchev–Trinajstić information content (AvgIpc) is 3.42. The third-order valence-electron chi connectivity index (χ3n) is 5.32. The largest absolute Gasteiger partial charge is 0.351 e. The molecule has 2 aromatic carbocycles. The molecule has 0 unspecified atom stereocenters. The van der Waals surface area contributed by atoms with E-state index in [0.29, 0.717) is 25.2 Å². The van der Waals surface area contributed by atoms with Crippen molar-refractivity contribution in [2.75, 3.05) is 31.1 Å². The number of hydrogen-bond donors (Lipinski definition) is 1. The first-order valence-corrected chi connectivity index (χ1v) is 10.7. The summed E-state index contributed by atoms with van der Waals surface area (Å²) < 4.78 is 13.1. The van der Waals surface area contributed by atoms with Crippen LogP contribution in [-0.4, -0.2) is 52.2 Å². The number of piperazine rings is 1. The van der Waals surface area contributed by atoms with Crippen LogP contribution >= 0.6 is 11.3 Å². The molecule has 0 spiro atoms. The molecule has 8 heteroatoms. The number of hydrogen-bond acceptors (Lipinski definition) is 5. The summed E-state index contributed by atoms with van der Waals surface area (Å²) in [6.45, 7) is 2.72. The van der Waals surface area contributed by atoms with Gasteiger partial charge in [0.25, 0.3) is 5.91 Å². The normalized spacial score (nSPS) is 14.4. The second kappa shape index (κ2) is 7.87. The summed E-state index contributed by atoms with van der Waals surface area (Å²) in [4.78, 5) is 20.1. The first kappa shape index (κ1) is 18.7. The summed E-state index contributed by atoms with van der Waals surface area (Å²) in [5, 5.41) is 11.4. The number of carbonyl (C=O) groups excluding carboxylic acids is 1. The summed E-state index contributed by atoms with van der Waals surface area (Å²) in [6.07, 6.45) is 0.636. The van der Waals surface area contributed by atoms with Crippen molar-refractivity contribution < 1.29 is 9.18 Å². The van der Waals surface area contributed by atoms with E-state index in [1.54, 1.807) is 23.5 Å². The predicted molar refractivity (Wildman–Crippen MR) is 116 cm³/mol. The fourth-order valence-corrected chi connectivity index (χ4v) is 4.61. The van der Waals surface area contributed by atoms with Gasteiger partial charge < -0.3 is 14.8 Å². The Morgan fingerprint density at radius 2 is 1.80 bits per heavy atom. The van der Waals surface area contributed by atoms with Crippen LogP contribution in [-0.2, 0) is 6.42 Å². The van der Waals surface area contributed by atoms with E-state index in [9.17, 15) is 9.18 Å². The van der Waals surface area contributed by atoms with E-state index in [1.807, 2.05) is 35.2 Å². The first-order chi connectivity index (χ1) is 14.7. The third-order valence-corrected chi connectivity index (χ3v) is 6.31. The van der Waals surface area contributed by atoms with Crippen molar-refractivity contribution >= 4 is 33.3 Å². The molecule has 0 saturated carbocycles. The number of anilines is 1. The lowest BCUT2D eigenvalue weighted by Crippen LogP contribution is -2.48. The van der Waals surface area contributed by atoms with Gasteiger partial charge in [-0.05, 0) is 29.8 Å². The molecule has 0 atom stereocenters. The molecule has 0 radical (unpaired) electrons. The molecule has 1 N–H and O–H groups in total. The molecule has 5 rings (SSSR count). The zero-order valence-corrected chi connectivity index (χ0v) is 17.0. The van der Waals surface area contributed by atoms with Gasteiger partial charge in [0.15, 0.2) is 0 Å². The van der Waals surface area contributed by atoms with Crippen LogP contribution in [0.15, 0.2) is 54.6 Å². The molecule has 1 saturated heterocycles. The molecule has 2 aromatic heterocycles. The summed E-state index contributed by atoms with van der Waals surface area (Å²) >= 11 is 1.55. The second-order valence-corrected chi connectivity index (χ2v) is 8.37. The highest BCUT2D eigenvalue weighted by molar-refractivity contribution is 7.15. The Hall–Kier alpha value is -3.26. The van der Waals surface area contributed by atoms with Gasteiger partial charge in [-0.15, -0.1) is 10.2 Å². The number of amides is 1. The van der Waals surface area contributed by atoms with Crippen LogP contribution in [0.25, 0.3) is 10.9 Å². The minimum absolute atomic E-state index is 0.0279. The number of nitrogens with one attached hydrogen (secondary N) is 1. The number of rotatable bonds is 4. The van der Waals surface area contributed by atoms with Crippen LogP contribution in [0.3, 0.4) is 0 Å². The fraction of sp³-hybridized carbons (Fsp3) is 0.227. The predicted octanol–water partition coefficient (Wildman–Crippen LogP) is 3.71. The van der Waals surface area contributed by atoms with E-state index in [0.717, 1.165) is 39.7 Å². The number of carbonyl (C=O) groups is 1. The molecule has 1 aliphatic rings. The van der Waals surface area contributed by atoms with Gasteiger partial charge in [0.2, 0.25) is 5.13 Å². The molecule has 0 aliphatic carbocycles. The fourth-order valence-electron chi connectivity index (χ4n) is 3.68. The highest BCUT2D eigenvalue weighted by Crippen LogP contribution is 2.24. The van der Waals surface area contributed by atoms with Crippen LogP contribution in [0.4, 0.5) is 9.52 Å². The SMILES string of the molecule is O=C(c1cc2ccccc2[nH]1)N1CCN(c2nnc(Cc3ccc(F)cc3)s2)CC1. The summed E-state index contributed by atoms with van der Waals surface area (Å²) in [5.41, 5.74) is 2.61. The zero-order chi connectivity index (χ0) is 20.5. The van der Waals surface area contributed by atoms with Gasteiger partial charge in [-0.2, -0.15) is 0 Å². The van der Waals surface area contributed by atoms with Crippen LogP contribution in [0.1, 0.15) is 21.1 Å². The summed E-state index contributed by atoms with van der Waals surface area (Å²) in [6, 6.07) is 16.3. The maximum absolute atomic E-state index is 13.1. The molecule has 152 valence electrons. The van der Waals surface area contributed by atoms with Crippen LogP contribution in [0.2, 0.25) is 0 Å². The van der Waals surface area contributed by atoms with Gasteiger partial charge in [0, 0.05) is 43.5 Å². The molecular weight excluding hydrogens is 401 g/mol. The number of fused-ring (bicyclic) bond motifs is 1. The number of benzene rings is 2. The van der Waals surface area contributed by atoms with Crippen molar-refractivity contribution in [2.24, 2.45) is 0 Å². The second-order valence-electron chi connectivity index (χ2n) is 7.33. The number of nitrogens with zero attached hydrogens (tertiary/aromatic N) is 4. The minimum atomic E-state index is -0.239. The van der Waals surface area contributed by atoms with E-state index in [4.69, 9.17) is 0 Å². The molecular formula is C22H20FN5OS. The van der Waals surface area contributed by atoms with Gasteiger partial charge in [-0.3, -0.25) is 4.79 Å². The van der Waals surface area contributed by atoms with Gasteiger partial charge in [0.05, 0.1) is 0 Å². The zero-order valence-electron chi connectivity index (χ0n) is 16.2. The maximum Gasteiger partial charge on any atom is 0.270 e. The Labute approximate surface area is 177 Å². The smallest absolute Gasteiger partial charge is 0.270 e. The lowest BCUT2D eigenvalue weighted by molar-refractivity contribution is 0.0742. The van der Waals surface area contributed by atoms with Crippen LogP contribution in [0.5, 0.6) is 0 Å². The topological polar surface area (TPSA) is 65.1 Å². The highest BCUT2D eigenvalue weighted by Gasteiger charge is 2.25. The molecule has 6 nitrogen and oxygen atoms in total. The molecule has 1 aliphatic heterocycles. The number of para-hydroxylation sites is 1. The molecule has 1 fully saturated rings. The Bertz CT molecular complexity index is 1140. The maximum atomic E-state index is 13.1. The minimum Gasteiger partial charge on any atom is -0.351 e.